The molecule has 0 fully saturated rings. The summed E-state index contributed by atoms with van der Waals surface area (Å²) in [7, 11) is 0. The Kier molecular flexibility index (Phi) is 6.76. The predicted octanol–water partition coefficient (Wildman–Crippen LogP) is 4.08. The van der Waals surface area contributed by atoms with Crippen molar-refractivity contribution >= 4 is 27.9 Å². The number of esters is 2. The molecule has 0 aliphatic carbocycles. The minimum atomic E-state index is -1.66. The van der Waals surface area contributed by atoms with Crippen LogP contribution in [0.15, 0.2) is 60.7 Å². The molecule has 0 saturated heterocycles. The summed E-state index contributed by atoms with van der Waals surface area (Å²) >= 11 is 3.41. The zero-order chi connectivity index (χ0) is 18.3. The zero-order valence-electron chi connectivity index (χ0n) is 14.3. The maximum absolute atomic E-state index is 12.8. The summed E-state index contributed by atoms with van der Waals surface area (Å²) in [6, 6.07) is 18.8. The average molecular weight is 405 g/mol. The van der Waals surface area contributed by atoms with E-state index in [2.05, 4.69) is 15.9 Å². The van der Waals surface area contributed by atoms with E-state index < -0.39 is 22.2 Å². The van der Waals surface area contributed by atoms with E-state index in [1.165, 1.54) is 0 Å². The highest BCUT2D eigenvalue weighted by atomic mass is 79.9. The number of rotatable bonds is 7. The molecule has 0 bridgehead atoms. The van der Waals surface area contributed by atoms with E-state index in [1.54, 1.807) is 13.8 Å². The smallest absolute Gasteiger partial charge is 0.335 e. The van der Waals surface area contributed by atoms with Gasteiger partial charge in [-0.15, -0.1) is 0 Å². The molecular formula is C20H21BrO4. The number of benzene rings is 2. The van der Waals surface area contributed by atoms with E-state index in [9.17, 15) is 9.59 Å². The maximum Gasteiger partial charge on any atom is 0.335 e. The van der Waals surface area contributed by atoms with Crippen molar-refractivity contribution in [3.8, 4) is 0 Å². The van der Waals surface area contributed by atoms with Gasteiger partial charge in [-0.1, -0.05) is 76.6 Å². The van der Waals surface area contributed by atoms with Gasteiger partial charge >= 0.3 is 11.9 Å². The van der Waals surface area contributed by atoms with E-state index in [1.807, 2.05) is 60.7 Å². The van der Waals surface area contributed by atoms with Crippen molar-refractivity contribution in [2.75, 3.05) is 13.2 Å². The molecule has 0 N–H and O–H groups in total. The highest BCUT2D eigenvalue weighted by Gasteiger charge is 2.54. The zero-order valence-corrected chi connectivity index (χ0v) is 15.9. The minimum absolute atomic E-state index is 0.169. The average Bonchev–Trinajstić information content (AvgIpc) is 2.64. The second kappa shape index (κ2) is 8.81. The Hall–Kier alpha value is -2.14. The summed E-state index contributed by atoms with van der Waals surface area (Å²) in [6.07, 6.45) is 0. The highest BCUT2D eigenvalue weighted by Crippen LogP contribution is 2.43. The SMILES string of the molecule is CCOC(=O)C(Br)(C(=O)OCC)C(c1ccccc1)c1ccccc1. The number of ether oxygens (including phenoxy) is 2. The van der Waals surface area contributed by atoms with Crippen molar-refractivity contribution in [1.82, 2.24) is 0 Å². The first kappa shape index (κ1) is 19.2. The van der Waals surface area contributed by atoms with E-state index in [4.69, 9.17) is 9.47 Å². The van der Waals surface area contributed by atoms with Crippen molar-refractivity contribution in [2.45, 2.75) is 24.1 Å². The molecule has 2 aromatic carbocycles. The topological polar surface area (TPSA) is 52.6 Å². The van der Waals surface area contributed by atoms with E-state index >= 15 is 0 Å². The van der Waals surface area contributed by atoms with Gasteiger partial charge < -0.3 is 9.47 Å². The standard InChI is InChI=1S/C20H21BrO4/c1-3-24-18(22)20(21,19(23)25-4-2)17(15-11-7-5-8-12-15)16-13-9-6-10-14-16/h5-14,17H,3-4H2,1-2H3. The van der Waals surface area contributed by atoms with E-state index in [-0.39, 0.29) is 13.2 Å². The van der Waals surface area contributed by atoms with Crippen molar-refractivity contribution in [3.05, 3.63) is 71.8 Å². The van der Waals surface area contributed by atoms with Crippen molar-refractivity contribution in [3.63, 3.8) is 0 Å². The van der Waals surface area contributed by atoms with Crippen LogP contribution in [0.4, 0.5) is 0 Å². The van der Waals surface area contributed by atoms with E-state index in [0.717, 1.165) is 11.1 Å². The maximum atomic E-state index is 12.8. The lowest BCUT2D eigenvalue weighted by molar-refractivity contribution is -0.158. The molecule has 25 heavy (non-hydrogen) atoms. The molecule has 0 aliphatic rings. The Morgan fingerprint density at radius 3 is 1.52 bits per heavy atom. The van der Waals surface area contributed by atoms with Gasteiger partial charge in [-0.3, -0.25) is 0 Å². The number of carbonyl (C=O) groups is 2. The van der Waals surface area contributed by atoms with Gasteiger partial charge in [0, 0.05) is 5.92 Å². The van der Waals surface area contributed by atoms with Crippen LogP contribution >= 0.6 is 15.9 Å². The molecule has 0 aromatic heterocycles. The van der Waals surface area contributed by atoms with Gasteiger partial charge in [-0.05, 0) is 25.0 Å². The van der Waals surface area contributed by atoms with Crippen LogP contribution in [0.2, 0.25) is 0 Å². The molecule has 0 saturated carbocycles. The van der Waals surface area contributed by atoms with Crippen LogP contribution in [-0.2, 0) is 19.1 Å². The first-order valence-corrected chi connectivity index (χ1v) is 8.98. The summed E-state index contributed by atoms with van der Waals surface area (Å²) in [5.74, 6) is -1.91. The molecule has 0 atom stereocenters. The monoisotopic (exact) mass is 404 g/mol. The molecule has 0 amide bonds. The van der Waals surface area contributed by atoms with Gasteiger partial charge in [0.15, 0.2) is 0 Å². The molecule has 2 aromatic rings. The van der Waals surface area contributed by atoms with Gasteiger partial charge in [0.05, 0.1) is 13.2 Å². The number of hydrogen-bond donors (Lipinski definition) is 0. The molecule has 2 rings (SSSR count). The Morgan fingerprint density at radius 2 is 1.20 bits per heavy atom. The van der Waals surface area contributed by atoms with Crippen LogP contribution in [0, 0.1) is 0 Å². The highest BCUT2D eigenvalue weighted by molar-refractivity contribution is 9.10. The van der Waals surface area contributed by atoms with Crippen LogP contribution in [0.5, 0.6) is 0 Å². The second-order valence-corrected chi connectivity index (χ2v) is 6.66. The molecule has 0 radical (unpaired) electrons. The lowest BCUT2D eigenvalue weighted by Gasteiger charge is -2.32. The molecule has 0 unspecified atom stereocenters. The molecule has 0 spiro atoms. The van der Waals surface area contributed by atoms with Crippen LogP contribution < -0.4 is 0 Å². The second-order valence-electron chi connectivity index (χ2n) is 5.41. The van der Waals surface area contributed by atoms with Crippen LogP contribution in [0.25, 0.3) is 0 Å². The fraction of sp³-hybridized carbons (Fsp3) is 0.300. The van der Waals surface area contributed by atoms with Gasteiger partial charge in [-0.25, -0.2) is 9.59 Å². The largest absolute Gasteiger partial charge is 0.464 e. The van der Waals surface area contributed by atoms with Gasteiger partial charge in [0.2, 0.25) is 4.32 Å². The molecule has 5 heteroatoms. The van der Waals surface area contributed by atoms with Crippen molar-refractivity contribution < 1.29 is 19.1 Å². The summed E-state index contributed by atoms with van der Waals surface area (Å²) in [6.45, 7) is 3.75. The molecule has 132 valence electrons. The molecule has 4 nitrogen and oxygen atoms in total. The van der Waals surface area contributed by atoms with Gasteiger partial charge in [0.1, 0.15) is 0 Å². The molecule has 0 aliphatic heterocycles. The summed E-state index contributed by atoms with van der Waals surface area (Å²) in [4.78, 5) is 25.6. The Bertz CT molecular complexity index is 643. The first-order chi connectivity index (χ1) is 12.1. The lowest BCUT2D eigenvalue weighted by atomic mass is 9.80. The van der Waals surface area contributed by atoms with E-state index in [0.29, 0.717) is 0 Å². The molecule has 0 heterocycles. The predicted molar refractivity (Wildman–Crippen MR) is 99.7 cm³/mol. The minimum Gasteiger partial charge on any atom is -0.464 e. The normalized spacial score (nSPS) is 11.2. The van der Waals surface area contributed by atoms with Crippen LogP contribution in [-0.4, -0.2) is 29.5 Å². The lowest BCUT2D eigenvalue weighted by Crippen LogP contribution is -2.48. The van der Waals surface area contributed by atoms with Gasteiger partial charge in [-0.2, -0.15) is 0 Å². The fourth-order valence-corrected chi connectivity index (χ4v) is 3.49. The number of carbonyl (C=O) groups excluding carboxylic acids is 2. The van der Waals surface area contributed by atoms with Gasteiger partial charge in [0.25, 0.3) is 0 Å². The van der Waals surface area contributed by atoms with Crippen LogP contribution in [0.3, 0.4) is 0 Å². The first-order valence-electron chi connectivity index (χ1n) is 8.18. The van der Waals surface area contributed by atoms with Crippen molar-refractivity contribution in [2.24, 2.45) is 0 Å². The Balaban J connectivity index is 2.65. The summed E-state index contributed by atoms with van der Waals surface area (Å²) in [5.41, 5.74) is 1.62. The Labute approximate surface area is 156 Å². The van der Waals surface area contributed by atoms with Crippen LogP contribution in [0.1, 0.15) is 30.9 Å². The van der Waals surface area contributed by atoms with Crippen molar-refractivity contribution in [1.29, 1.82) is 0 Å². The molecular weight excluding hydrogens is 384 g/mol. The third kappa shape index (κ3) is 4.10. The number of halogens is 1. The number of alkyl halides is 1. The summed E-state index contributed by atoms with van der Waals surface area (Å²) < 4.78 is 8.76. The fourth-order valence-electron chi connectivity index (χ4n) is 2.73. The Morgan fingerprint density at radius 1 is 0.840 bits per heavy atom. The number of hydrogen-bond acceptors (Lipinski definition) is 4. The third-order valence-electron chi connectivity index (χ3n) is 3.81. The quantitative estimate of drug-likeness (QED) is 0.396. The summed E-state index contributed by atoms with van der Waals surface area (Å²) in [5, 5.41) is 0. The third-order valence-corrected chi connectivity index (χ3v) is 4.91.